The van der Waals surface area contributed by atoms with Crippen molar-refractivity contribution in [2.24, 2.45) is 0 Å². The molecular weight excluding hydrogens is 454 g/mol. The number of imidazole rings is 1. The number of aromatic nitrogens is 3. The summed E-state index contributed by atoms with van der Waals surface area (Å²) in [5.41, 5.74) is 1.06. The third-order valence-electron chi connectivity index (χ3n) is 5.65. The molecule has 10 heteroatoms. The number of amides is 1. The lowest BCUT2D eigenvalue weighted by atomic mass is 10.0. The number of rotatable bonds is 4. The van der Waals surface area contributed by atoms with Gasteiger partial charge in [-0.25, -0.2) is 18.7 Å². The normalized spacial score (nSPS) is 16.5. The van der Waals surface area contributed by atoms with Crippen LogP contribution >= 0.6 is 11.6 Å². The standard InChI is InChI=1S/C23H19ClF2N4O3/c1-13(31)29-5-7-32-16(12-29)11-19-22(28-20-10-15(24)2-4-30(19)20)21-17(25)8-14(9-18(21)26)23-27-3-6-33-23/h2-4,6,8-10,16H,5,7,11-12H2,1H3. The predicted octanol–water partition coefficient (Wildman–Crippen LogP) is 4.38. The van der Waals surface area contributed by atoms with E-state index in [1.165, 1.54) is 31.5 Å². The van der Waals surface area contributed by atoms with E-state index in [2.05, 4.69) is 9.97 Å². The quantitative estimate of drug-likeness (QED) is 0.441. The van der Waals surface area contributed by atoms with E-state index < -0.39 is 11.6 Å². The molecule has 33 heavy (non-hydrogen) atoms. The average Bonchev–Trinajstić information content (AvgIpc) is 3.42. The highest BCUT2D eigenvalue weighted by atomic mass is 35.5. The smallest absolute Gasteiger partial charge is 0.226 e. The Kier molecular flexibility index (Phi) is 5.59. The molecule has 0 N–H and O–H groups in total. The van der Waals surface area contributed by atoms with Crippen molar-refractivity contribution >= 4 is 23.2 Å². The molecule has 1 saturated heterocycles. The summed E-state index contributed by atoms with van der Waals surface area (Å²) < 4.78 is 43.3. The third-order valence-corrected chi connectivity index (χ3v) is 5.89. The Balaban J connectivity index is 1.61. The average molecular weight is 473 g/mol. The number of fused-ring (bicyclic) bond motifs is 1. The van der Waals surface area contributed by atoms with Crippen LogP contribution in [0.5, 0.6) is 0 Å². The Bertz CT molecular complexity index is 1320. The Morgan fingerprint density at radius 3 is 2.76 bits per heavy atom. The van der Waals surface area contributed by atoms with Crippen LogP contribution in [0.2, 0.25) is 5.02 Å². The highest BCUT2D eigenvalue weighted by Gasteiger charge is 2.28. The molecule has 170 valence electrons. The van der Waals surface area contributed by atoms with Gasteiger partial charge in [0.1, 0.15) is 23.5 Å². The van der Waals surface area contributed by atoms with Crippen LogP contribution in [-0.2, 0) is 16.0 Å². The lowest BCUT2D eigenvalue weighted by Gasteiger charge is -2.32. The summed E-state index contributed by atoms with van der Waals surface area (Å²) in [4.78, 5) is 22.0. The molecule has 0 radical (unpaired) electrons. The van der Waals surface area contributed by atoms with E-state index in [4.69, 9.17) is 20.8 Å². The van der Waals surface area contributed by atoms with Gasteiger partial charge in [-0.1, -0.05) is 11.6 Å². The summed E-state index contributed by atoms with van der Waals surface area (Å²) in [5, 5.41) is 0.447. The molecule has 7 nitrogen and oxygen atoms in total. The first-order valence-electron chi connectivity index (χ1n) is 10.3. The molecular formula is C23H19ClF2N4O3. The fourth-order valence-corrected chi connectivity index (χ4v) is 4.25. The first kappa shape index (κ1) is 21.5. The molecule has 4 aromatic rings. The van der Waals surface area contributed by atoms with Crippen LogP contribution < -0.4 is 0 Å². The number of benzene rings is 1. The first-order chi connectivity index (χ1) is 15.9. The van der Waals surface area contributed by atoms with E-state index in [0.29, 0.717) is 42.5 Å². The summed E-state index contributed by atoms with van der Waals surface area (Å²) in [6, 6.07) is 5.62. The summed E-state index contributed by atoms with van der Waals surface area (Å²) in [6.45, 7) is 2.77. The molecule has 3 aromatic heterocycles. The van der Waals surface area contributed by atoms with Gasteiger partial charge in [0.2, 0.25) is 11.8 Å². The van der Waals surface area contributed by atoms with Crippen molar-refractivity contribution < 1.29 is 22.7 Å². The second kappa shape index (κ2) is 8.57. The van der Waals surface area contributed by atoms with E-state index >= 15 is 8.78 Å². The minimum Gasteiger partial charge on any atom is -0.445 e. The van der Waals surface area contributed by atoms with Crippen molar-refractivity contribution in [2.75, 3.05) is 19.7 Å². The predicted molar refractivity (Wildman–Crippen MR) is 117 cm³/mol. The highest BCUT2D eigenvalue weighted by molar-refractivity contribution is 6.30. The minimum atomic E-state index is -0.797. The molecule has 1 fully saturated rings. The van der Waals surface area contributed by atoms with Gasteiger partial charge in [0, 0.05) is 49.3 Å². The summed E-state index contributed by atoms with van der Waals surface area (Å²) >= 11 is 6.12. The van der Waals surface area contributed by atoms with E-state index in [1.54, 1.807) is 27.6 Å². The molecule has 4 heterocycles. The van der Waals surface area contributed by atoms with Crippen LogP contribution in [0.25, 0.3) is 28.4 Å². The van der Waals surface area contributed by atoms with E-state index in [0.717, 1.165) is 0 Å². The topological polar surface area (TPSA) is 72.9 Å². The van der Waals surface area contributed by atoms with Gasteiger partial charge < -0.3 is 18.5 Å². The zero-order chi connectivity index (χ0) is 23.1. The molecule has 1 atom stereocenters. The first-order valence-corrected chi connectivity index (χ1v) is 10.7. The van der Waals surface area contributed by atoms with E-state index in [1.807, 2.05) is 0 Å². The van der Waals surface area contributed by atoms with Gasteiger partial charge in [-0.2, -0.15) is 0 Å². The van der Waals surface area contributed by atoms with Crippen LogP contribution in [-0.4, -0.2) is 51.0 Å². The van der Waals surface area contributed by atoms with Crippen molar-refractivity contribution in [1.29, 1.82) is 0 Å². The molecule has 1 unspecified atom stereocenters. The number of halogens is 3. The fraction of sp³-hybridized carbons (Fsp3) is 0.261. The number of pyridine rings is 1. The van der Waals surface area contributed by atoms with Gasteiger partial charge in [0.25, 0.3) is 0 Å². The van der Waals surface area contributed by atoms with E-state index in [9.17, 15) is 4.79 Å². The van der Waals surface area contributed by atoms with Crippen LogP contribution in [0.3, 0.4) is 0 Å². The second-order valence-electron chi connectivity index (χ2n) is 7.79. The monoisotopic (exact) mass is 472 g/mol. The van der Waals surface area contributed by atoms with Crippen LogP contribution in [0.15, 0.2) is 47.3 Å². The molecule has 0 bridgehead atoms. The summed E-state index contributed by atoms with van der Waals surface area (Å²) in [7, 11) is 0. The number of hydrogen-bond donors (Lipinski definition) is 0. The number of nitrogens with zero attached hydrogens (tertiary/aromatic N) is 4. The van der Waals surface area contributed by atoms with Crippen molar-refractivity contribution in [3.8, 4) is 22.7 Å². The molecule has 1 aliphatic rings. The van der Waals surface area contributed by atoms with Crippen molar-refractivity contribution in [1.82, 2.24) is 19.3 Å². The van der Waals surface area contributed by atoms with Crippen molar-refractivity contribution in [3.05, 3.63) is 65.3 Å². The fourth-order valence-electron chi connectivity index (χ4n) is 4.10. The van der Waals surface area contributed by atoms with Crippen LogP contribution in [0.1, 0.15) is 12.6 Å². The molecule has 0 spiro atoms. The molecule has 1 amide bonds. The molecule has 0 aliphatic carbocycles. The molecule has 0 saturated carbocycles. The van der Waals surface area contributed by atoms with Gasteiger partial charge in [0.05, 0.1) is 35.9 Å². The lowest BCUT2D eigenvalue weighted by molar-refractivity contribution is -0.136. The lowest BCUT2D eigenvalue weighted by Crippen LogP contribution is -2.45. The number of hydrogen-bond acceptors (Lipinski definition) is 5. The second-order valence-corrected chi connectivity index (χ2v) is 8.23. The van der Waals surface area contributed by atoms with Crippen molar-refractivity contribution in [2.45, 2.75) is 19.4 Å². The van der Waals surface area contributed by atoms with Gasteiger partial charge in [-0.15, -0.1) is 0 Å². The van der Waals surface area contributed by atoms with Crippen molar-refractivity contribution in [3.63, 3.8) is 0 Å². The number of morpholine rings is 1. The minimum absolute atomic E-state index is 0.0485. The molecule has 1 aliphatic heterocycles. The third kappa shape index (κ3) is 4.09. The van der Waals surface area contributed by atoms with E-state index in [-0.39, 0.29) is 34.7 Å². The van der Waals surface area contributed by atoms with Gasteiger partial charge >= 0.3 is 0 Å². The number of oxazole rings is 1. The SMILES string of the molecule is CC(=O)N1CCOC(Cc2c(-c3c(F)cc(-c4ncco4)cc3F)nc3cc(Cl)ccn23)C1. The molecule has 5 rings (SSSR count). The maximum Gasteiger partial charge on any atom is 0.226 e. The maximum absolute atomic E-state index is 15.3. The zero-order valence-electron chi connectivity index (χ0n) is 17.6. The number of ether oxygens (including phenoxy) is 1. The maximum atomic E-state index is 15.3. The Morgan fingerprint density at radius 1 is 1.27 bits per heavy atom. The Labute approximate surface area is 192 Å². The van der Waals surface area contributed by atoms with Crippen LogP contribution in [0, 0.1) is 11.6 Å². The Hall–Kier alpha value is -3.30. The van der Waals surface area contributed by atoms with Gasteiger partial charge in [0.15, 0.2) is 0 Å². The van der Waals surface area contributed by atoms with Crippen LogP contribution in [0.4, 0.5) is 8.78 Å². The number of carbonyl (C=O) groups is 1. The Morgan fingerprint density at radius 2 is 2.06 bits per heavy atom. The summed E-state index contributed by atoms with van der Waals surface area (Å²) in [6.07, 6.45) is 4.37. The molecule has 1 aromatic carbocycles. The summed E-state index contributed by atoms with van der Waals surface area (Å²) in [5.74, 6) is -1.53. The zero-order valence-corrected chi connectivity index (χ0v) is 18.4. The highest BCUT2D eigenvalue weighted by Crippen LogP contribution is 2.34. The largest absolute Gasteiger partial charge is 0.445 e. The number of carbonyl (C=O) groups excluding carboxylic acids is 1. The van der Waals surface area contributed by atoms with Gasteiger partial charge in [-0.05, 0) is 18.2 Å². The van der Waals surface area contributed by atoms with Gasteiger partial charge in [-0.3, -0.25) is 4.79 Å².